The molecule has 1 heterocycles. The lowest BCUT2D eigenvalue weighted by Gasteiger charge is -2.25. The summed E-state index contributed by atoms with van der Waals surface area (Å²) in [4.78, 5) is 27.0. The zero-order chi connectivity index (χ0) is 21.1. The zero-order valence-electron chi connectivity index (χ0n) is 16.2. The number of thioether (sulfide) groups is 1. The Kier molecular flexibility index (Phi) is 6.29. The van der Waals surface area contributed by atoms with Gasteiger partial charge < -0.3 is 10.1 Å². The minimum atomic E-state index is -0.167. The number of rotatable bonds is 5. The first-order valence-electron chi connectivity index (χ1n) is 9.30. The van der Waals surface area contributed by atoms with E-state index >= 15 is 0 Å². The van der Waals surface area contributed by atoms with Crippen molar-refractivity contribution in [2.75, 3.05) is 23.1 Å². The van der Waals surface area contributed by atoms with Crippen molar-refractivity contribution >= 4 is 57.5 Å². The van der Waals surface area contributed by atoms with Gasteiger partial charge in [0, 0.05) is 26.6 Å². The number of carbonyl (C=O) groups is 2. The van der Waals surface area contributed by atoms with Gasteiger partial charge in [-0.1, -0.05) is 24.3 Å². The maximum absolute atomic E-state index is 12.6. The molecule has 3 aromatic carbocycles. The van der Waals surface area contributed by atoms with Crippen LogP contribution in [0.2, 0.25) is 0 Å². The zero-order valence-corrected chi connectivity index (χ0v) is 19.1. The van der Waals surface area contributed by atoms with E-state index in [0.29, 0.717) is 22.8 Å². The van der Waals surface area contributed by atoms with Gasteiger partial charge in [0.1, 0.15) is 11.1 Å². The monoisotopic (exact) mass is 530 g/mol. The van der Waals surface area contributed by atoms with Crippen molar-refractivity contribution in [3.8, 4) is 5.75 Å². The molecule has 1 saturated heterocycles. The molecule has 3 aromatic rings. The van der Waals surface area contributed by atoms with Crippen molar-refractivity contribution in [1.29, 1.82) is 0 Å². The van der Waals surface area contributed by atoms with Crippen molar-refractivity contribution in [3.05, 3.63) is 87.5 Å². The fourth-order valence-corrected chi connectivity index (χ4v) is 5.02. The molecule has 0 saturated carbocycles. The molecule has 0 aromatic heterocycles. The van der Waals surface area contributed by atoms with Crippen LogP contribution in [0.1, 0.15) is 21.3 Å². The van der Waals surface area contributed by atoms with Gasteiger partial charge in [0.25, 0.3) is 5.91 Å². The lowest BCUT2D eigenvalue weighted by atomic mass is 10.1. The third-order valence-corrected chi connectivity index (χ3v) is 6.60. The minimum Gasteiger partial charge on any atom is -0.497 e. The molecule has 1 unspecified atom stereocenters. The first kappa shape index (κ1) is 20.7. The maximum atomic E-state index is 12.6. The van der Waals surface area contributed by atoms with Gasteiger partial charge in [-0.05, 0) is 70.6 Å². The molecule has 1 aliphatic rings. The van der Waals surface area contributed by atoms with Crippen molar-refractivity contribution in [2.24, 2.45) is 0 Å². The fraction of sp³-hybridized carbons (Fsp3) is 0.130. The lowest BCUT2D eigenvalue weighted by molar-refractivity contribution is -0.115. The normalized spacial score (nSPS) is 15.9. The van der Waals surface area contributed by atoms with Crippen molar-refractivity contribution in [2.45, 2.75) is 5.37 Å². The highest BCUT2D eigenvalue weighted by Crippen LogP contribution is 2.42. The summed E-state index contributed by atoms with van der Waals surface area (Å²) >= 11 is 3.75. The minimum absolute atomic E-state index is 0.0477. The molecule has 30 heavy (non-hydrogen) atoms. The van der Waals surface area contributed by atoms with Crippen LogP contribution in [0.3, 0.4) is 0 Å². The maximum Gasteiger partial charge on any atom is 0.255 e. The van der Waals surface area contributed by atoms with E-state index in [1.807, 2.05) is 66.7 Å². The van der Waals surface area contributed by atoms with Crippen LogP contribution in [0.15, 0.2) is 72.8 Å². The van der Waals surface area contributed by atoms with Crippen molar-refractivity contribution < 1.29 is 14.3 Å². The second-order valence-corrected chi connectivity index (χ2v) is 9.03. The Morgan fingerprint density at radius 1 is 1.10 bits per heavy atom. The van der Waals surface area contributed by atoms with E-state index in [2.05, 4.69) is 27.9 Å². The average Bonchev–Trinajstić information content (AvgIpc) is 3.15. The SMILES string of the molecule is COc1cccc(N2C(=O)CSC2c2cccc(NC(=O)c3cccc(I)c3)c2)c1. The number of carbonyl (C=O) groups excluding carboxylic acids is 2. The number of halogens is 1. The summed E-state index contributed by atoms with van der Waals surface area (Å²) < 4.78 is 6.31. The summed E-state index contributed by atoms with van der Waals surface area (Å²) in [5.41, 5.74) is 3.05. The Morgan fingerprint density at radius 3 is 2.70 bits per heavy atom. The molecular formula is C23H19IN2O3S. The summed E-state index contributed by atoms with van der Waals surface area (Å²) in [6, 6.07) is 22.6. The topological polar surface area (TPSA) is 58.6 Å². The van der Waals surface area contributed by atoms with Crippen LogP contribution in [0, 0.1) is 3.57 Å². The van der Waals surface area contributed by atoms with Crippen LogP contribution in [0.4, 0.5) is 11.4 Å². The molecule has 0 aliphatic carbocycles. The predicted molar refractivity (Wildman–Crippen MR) is 129 cm³/mol. The molecule has 2 amide bonds. The number of methoxy groups -OCH3 is 1. The Labute approximate surface area is 192 Å². The molecular weight excluding hydrogens is 511 g/mol. The third-order valence-electron chi connectivity index (χ3n) is 4.72. The molecule has 0 bridgehead atoms. The van der Waals surface area contributed by atoms with Gasteiger partial charge >= 0.3 is 0 Å². The van der Waals surface area contributed by atoms with Crippen LogP contribution >= 0.6 is 34.4 Å². The number of hydrogen-bond acceptors (Lipinski definition) is 4. The summed E-state index contributed by atoms with van der Waals surface area (Å²) in [6.07, 6.45) is 0. The first-order valence-corrected chi connectivity index (χ1v) is 11.4. The Balaban J connectivity index is 1.59. The molecule has 0 radical (unpaired) electrons. The first-order chi connectivity index (χ1) is 14.5. The molecule has 4 rings (SSSR count). The second-order valence-electron chi connectivity index (χ2n) is 6.72. The molecule has 7 heteroatoms. The highest BCUT2D eigenvalue weighted by atomic mass is 127. The molecule has 1 N–H and O–H groups in total. The van der Waals surface area contributed by atoms with Crippen LogP contribution in [0.25, 0.3) is 0 Å². The van der Waals surface area contributed by atoms with Gasteiger partial charge in [-0.15, -0.1) is 11.8 Å². The quantitative estimate of drug-likeness (QED) is 0.454. The number of benzene rings is 3. The summed E-state index contributed by atoms with van der Waals surface area (Å²) in [7, 11) is 1.61. The predicted octanol–water partition coefficient (Wildman–Crippen LogP) is 5.33. The highest BCUT2D eigenvalue weighted by molar-refractivity contribution is 14.1. The smallest absolute Gasteiger partial charge is 0.255 e. The molecule has 5 nitrogen and oxygen atoms in total. The average molecular weight is 530 g/mol. The molecule has 1 atom stereocenters. The number of anilines is 2. The van der Waals surface area contributed by atoms with E-state index in [0.717, 1.165) is 14.8 Å². The van der Waals surface area contributed by atoms with E-state index < -0.39 is 0 Å². The fourth-order valence-electron chi connectivity index (χ4n) is 3.31. The van der Waals surface area contributed by atoms with E-state index in [4.69, 9.17) is 4.74 Å². The largest absolute Gasteiger partial charge is 0.497 e. The van der Waals surface area contributed by atoms with Gasteiger partial charge in [0.15, 0.2) is 0 Å². The van der Waals surface area contributed by atoms with Crippen LogP contribution in [-0.2, 0) is 4.79 Å². The molecule has 1 fully saturated rings. The third kappa shape index (κ3) is 4.46. The second kappa shape index (κ2) is 9.09. The van der Waals surface area contributed by atoms with E-state index in [1.165, 1.54) is 0 Å². The molecule has 1 aliphatic heterocycles. The van der Waals surface area contributed by atoms with Gasteiger partial charge in [-0.2, -0.15) is 0 Å². The summed E-state index contributed by atoms with van der Waals surface area (Å²) in [5.74, 6) is 0.993. The Morgan fingerprint density at radius 2 is 1.90 bits per heavy atom. The molecule has 0 spiro atoms. The van der Waals surface area contributed by atoms with E-state index in [1.54, 1.807) is 29.8 Å². The van der Waals surface area contributed by atoms with Crippen LogP contribution < -0.4 is 15.0 Å². The van der Waals surface area contributed by atoms with Gasteiger partial charge in [-0.25, -0.2) is 0 Å². The van der Waals surface area contributed by atoms with E-state index in [-0.39, 0.29) is 17.2 Å². The summed E-state index contributed by atoms with van der Waals surface area (Å²) in [5, 5.41) is 2.79. The summed E-state index contributed by atoms with van der Waals surface area (Å²) in [6.45, 7) is 0. The number of amides is 2. The van der Waals surface area contributed by atoms with Gasteiger partial charge in [0.05, 0.1) is 12.9 Å². The van der Waals surface area contributed by atoms with Gasteiger partial charge in [0.2, 0.25) is 5.91 Å². The standard InChI is InChI=1S/C23H19IN2O3S/c1-29-20-10-4-9-19(13-20)26-21(27)14-30-23(26)16-6-3-8-18(12-16)25-22(28)15-5-2-7-17(24)11-15/h2-13,23H,14H2,1H3,(H,25,28). The number of ether oxygens (including phenoxy) is 1. The number of nitrogens with zero attached hydrogens (tertiary/aromatic N) is 1. The van der Waals surface area contributed by atoms with Crippen molar-refractivity contribution in [3.63, 3.8) is 0 Å². The van der Waals surface area contributed by atoms with E-state index in [9.17, 15) is 9.59 Å². The Bertz CT molecular complexity index is 1110. The van der Waals surface area contributed by atoms with Crippen LogP contribution in [0.5, 0.6) is 5.75 Å². The lowest BCUT2D eigenvalue weighted by Crippen LogP contribution is -2.27. The molecule has 152 valence electrons. The highest BCUT2D eigenvalue weighted by Gasteiger charge is 2.34. The van der Waals surface area contributed by atoms with Gasteiger partial charge in [-0.3, -0.25) is 14.5 Å². The number of nitrogens with one attached hydrogen (secondary N) is 1. The number of hydrogen-bond donors (Lipinski definition) is 1. The Hall–Kier alpha value is -2.52. The van der Waals surface area contributed by atoms with Crippen LogP contribution in [-0.4, -0.2) is 24.7 Å². The van der Waals surface area contributed by atoms with Crippen molar-refractivity contribution in [1.82, 2.24) is 0 Å².